The van der Waals surface area contributed by atoms with E-state index in [1.165, 1.54) is 0 Å². The van der Waals surface area contributed by atoms with Crippen LogP contribution in [0.4, 0.5) is 0 Å². The summed E-state index contributed by atoms with van der Waals surface area (Å²) in [4.78, 5) is 42.9. The van der Waals surface area contributed by atoms with Gasteiger partial charge in [0.1, 0.15) is 17.5 Å². The number of hydrogen-bond acceptors (Lipinski definition) is 6. The van der Waals surface area contributed by atoms with Gasteiger partial charge in [-0.1, -0.05) is 20.8 Å². The predicted molar refractivity (Wildman–Crippen MR) is 126 cm³/mol. The van der Waals surface area contributed by atoms with Crippen molar-refractivity contribution in [3.63, 3.8) is 0 Å². The Hall–Kier alpha value is -2.65. The second-order valence-corrected chi connectivity index (χ2v) is 10.1. The number of carbonyl (C=O) groups excluding carboxylic acids is 3. The lowest BCUT2D eigenvalue weighted by atomic mass is 9.90. The molecule has 0 aromatic heterocycles. The number of carbonyl (C=O) groups is 3. The summed E-state index contributed by atoms with van der Waals surface area (Å²) in [6.07, 6.45) is 1.36. The van der Waals surface area contributed by atoms with Crippen molar-refractivity contribution in [2.75, 3.05) is 47.1 Å². The molecule has 9 nitrogen and oxygen atoms in total. The molecule has 1 aromatic rings. The number of ether oxygens (including phenoxy) is 3. The summed E-state index contributed by atoms with van der Waals surface area (Å²) >= 11 is 0. The zero-order valence-corrected chi connectivity index (χ0v) is 20.9. The summed E-state index contributed by atoms with van der Waals surface area (Å²) < 4.78 is 16.4. The molecule has 1 spiro atoms. The van der Waals surface area contributed by atoms with Gasteiger partial charge in [0.2, 0.25) is 11.8 Å². The van der Waals surface area contributed by atoms with E-state index in [0.29, 0.717) is 56.8 Å². The van der Waals surface area contributed by atoms with Crippen molar-refractivity contribution in [2.45, 2.75) is 51.8 Å². The van der Waals surface area contributed by atoms with Crippen molar-refractivity contribution in [3.8, 4) is 5.75 Å². The van der Waals surface area contributed by atoms with E-state index in [2.05, 4.69) is 5.32 Å². The van der Waals surface area contributed by atoms with Gasteiger partial charge in [-0.05, 0) is 29.7 Å². The summed E-state index contributed by atoms with van der Waals surface area (Å²) in [5.74, 6) is 0.189. The highest BCUT2D eigenvalue weighted by molar-refractivity contribution is 5.98. The molecule has 2 fully saturated rings. The lowest BCUT2D eigenvalue weighted by Gasteiger charge is -2.44. The fraction of sp³-hybridized carbons (Fsp3) is 0.640. The quantitative estimate of drug-likeness (QED) is 0.607. The number of piperidine rings is 1. The van der Waals surface area contributed by atoms with Crippen LogP contribution in [0.15, 0.2) is 24.3 Å². The van der Waals surface area contributed by atoms with Crippen LogP contribution in [0.25, 0.3) is 0 Å². The molecule has 0 saturated carbocycles. The van der Waals surface area contributed by atoms with Crippen LogP contribution < -0.4 is 10.1 Å². The first kappa shape index (κ1) is 26.0. The van der Waals surface area contributed by atoms with Crippen LogP contribution in [0.3, 0.4) is 0 Å². The maximum Gasteiger partial charge on any atom is 0.256 e. The maximum atomic E-state index is 13.7. The highest BCUT2D eigenvalue weighted by atomic mass is 16.5. The van der Waals surface area contributed by atoms with E-state index in [9.17, 15) is 14.4 Å². The molecule has 3 amide bonds. The molecule has 2 aliphatic heterocycles. The van der Waals surface area contributed by atoms with Crippen LogP contribution in [0.1, 0.15) is 50.4 Å². The molecule has 34 heavy (non-hydrogen) atoms. The highest BCUT2D eigenvalue weighted by Gasteiger charge is 2.54. The topological polar surface area (TPSA) is 97.4 Å². The number of nitrogens with zero attached hydrogens (tertiary/aromatic N) is 2. The molecule has 188 valence electrons. The fourth-order valence-corrected chi connectivity index (χ4v) is 4.50. The molecule has 2 heterocycles. The van der Waals surface area contributed by atoms with E-state index < -0.39 is 11.8 Å². The van der Waals surface area contributed by atoms with Gasteiger partial charge in [-0.15, -0.1) is 0 Å². The van der Waals surface area contributed by atoms with E-state index in [4.69, 9.17) is 14.2 Å². The SMILES string of the molecule is COCCNC(=O)C1COC2(CCN(C(=O)CC(C)(C)C)CC2)N1C(=O)c1ccc(OC)cc1. The van der Waals surface area contributed by atoms with Crippen LogP contribution >= 0.6 is 0 Å². The zero-order chi connectivity index (χ0) is 24.9. The van der Waals surface area contributed by atoms with Crippen molar-refractivity contribution in [2.24, 2.45) is 5.41 Å². The normalized spacial score (nSPS) is 19.9. The molecule has 1 aromatic carbocycles. The molecular weight excluding hydrogens is 438 g/mol. The molecule has 2 saturated heterocycles. The van der Waals surface area contributed by atoms with Gasteiger partial charge in [0, 0.05) is 51.6 Å². The first-order valence-corrected chi connectivity index (χ1v) is 11.8. The molecule has 2 aliphatic rings. The van der Waals surface area contributed by atoms with E-state index in [-0.39, 0.29) is 29.7 Å². The summed E-state index contributed by atoms with van der Waals surface area (Å²) in [5.41, 5.74) is -0.581. The van der Waals surface area contributed by atoms with Crippen molar-refractivity contribution in [1.29, 1.82) is 0 Å². The summed E-state index contributed by atoms with van der Waals surface area (Å²) in [6.45, 7) is 7.89. The van der Waals surface area contributed by atoms with Crippen LogP contribution in [0.2, 0.25) is 0 Å². The minimum Gasteiger partial charge on any atom is -0.497 e. The van der Waals surface area contributed by atoms with Gasteiger partial charge < -0.3 is 24.4 Å². The Balaban J connectivity index is 1.81. The molecule has 0 radical (unpaired) electrons. The Morgan fingerprint density at radius 2 is 1.76 bits per heavy atom. The van der Waals surface area contributed by atoms with Gasteiger partial charge in [-0.2, -0.15) is 0 Å². The van der Waals surface area contributed by atoms with E-state index in [1.807, 2.05) is 25.7 Å². The summed E-state index contributed by atoms with van der Waals surface area (Å²) in [6, 6.07) is 6.06. The van der Waals surface area contributed by atoms with Gasteiger partial charge in [0.05, 0.1) is 20.3 Å². The Morgan fingerprint density at radius 3 is 2.32 bits per heavy atom. The fourth-order valence-electron chi connectivity index (χ4n) is 4.50. The average Bonchev–Trinajstić information content (AvgIpc) is 3.16. The molecule has 3 rings (SSSR count). The van der Waals surface area contributed by atoms with Crippen LogP contribution in [0, 0.1) is 5.41 Å². The number of amides is 3. The number of likely N-dealkylation sites (tertiary alicyclic amines) is 1. The molecule has 1 N–H and O–H groups in total. The number of nitrogens with one attached hydrogen (secondary N) is 1. The predicted octanol–water partition coefficient (Wildman–Crippen LogP) is 2.05. The second-order valence-electron chi connectivity index (χ2n) is 10.1. The lowest BCUT2D eigenvalue weighted by molar-refractivity contribution is -0.145. The first-order chi connectivity index (χ1) is 16.1. The third-order valence-corrected chi connectivity index (χ3v) is 6.30. The Kier molecular flexibility index (Phi) is 8.20. The third-order valence-electron chi connectivity index (χ3n) is 6.30. The van der Waals surface area contributed by atoms with Crippen LogP contribution in [-0.4, -0.2) is 86.4 Å². The minimum absolute atomic E-state index is 0.0993. The van der Waals surface area contributed by atoms with Gasteiger partial charge in [-0.3, -0.25) is 19.3 Å². The number of methoxy groups -OCH3 is 2. The van der Waals surface area contributed by atoms with Gasteiger partial charge in [0.25, 0.3) is 5.91 Å². The number of hydrogen-bond donors (Lipinski definition) is 1. The number of benzene rings is 1. The molecule has 1 atom stereocenters. The van der Waals surface area contributed by atoms with E-state index in [0.717, 1.165) is 0 Å². The Morgan fingerprint density at radius 1 is 1.12 bits per heavy atom. The largest absolute Gasteiger partial charge is 0.497 e. The average molecular weight is 476 g/mol. The Bertz CT molecular complexity index is 872. The smallest absolute Gasteiger partial charge is 0.256 e. The van der Waals surface area contributed by atoms with Gasteiger partial charge in [-0.25, -0.2) is 0 Å². The van der Waals surface area contributed by atoms with Crippen molar-refractivity contribution in [3.05, 3.63) is 29.8 Å². The number of rotatable bonds is 7. The van der Waals surface area contributed by atoms with Crippen LogP contribution in [-0.2, 0) is 19.1 Å². The standard InChI is InChI=1S/C25H37N3O6/c1-24(2,3)16-21(29)27-13-10-25(11-14-27)28(20(17-34-25)22(30)26-12-15-32-4)23(31)18-6-8-19(33-5)9-7-18/h6-9,20H,10-17H2,1-5H3,(H,26,30). The second kappa shape index (κ2) is 10.7. The van der Waals surface area contributed by atoms with E-state index in [1.54, 1.807) is 43.4 Å². The highest BCUT2D eigenvalue weighted by Crippen LogP contribution is 2.39. The lowest BCUT2D eigenvalue weighted by Crippen LogP contribution is -2.60. The van der Waals surface area contributed by atoms with E-state index >= 15 is 0 Å². The summed E-state index contributed by atoms with van der Waals surface area (Å²) in [5, 5.41) is 2.83. The zero-order valence-electron chi connectivity index (χ0n) is 20.9. The summed E-state index contributed by atoms with van der Waals surface area (Å²) in [7, 11) is 3.13. The Labute approximate surface area is 201 Å². The molecule has 1 unspecified atom stereocenters. The maximum absolute atomic E-state index is 13.7. The van der Waals surface area contributed by atoms with Crippen LogP contribution in [0.5, 0.6) is 5.75 Å². The molecule has 0 aliphatic carbocycles. The van der Waals surface area contributed by atoms with Gasteiger partial charge >= 0.3 is 0 Å². The molecular formula is C25H37N3O6. The molecule has 0 bridgehead atoms. The monoisotopic (exact) mass is 475 g/mol. The van der Waals surface area contributed by atoms with Crippen molar-refractivity contribution >= 4 is 17.7 Å². The molecule has 9 heteroatoms. The minimum atomic E-state index is -0.932. The third kappa shape index (κ3) is 5.88. The first-order valence-electron chi connectivity index (χ1n) is 11.8. The van der Waals surface area contributed by atoms with Crippen molar-refractivity contribution < 1.29 is 28.6 Å². The van der Waals surface area contributed by atoms with Crippen molar-refractivity contribution in [1.82, 2.24) is 15.1 Å². The van der Waals surface area contributed by atoms with Gasteiger partial charge in [0.15, 0.2) is 0 Å².